The van der Waals surface area contributed by atoms with Crippen LogP contribution in [-0.4, -0.2) is 31.5 Å². The predicted octanol–water partition coefficient (Wildman–Crippen LogP) is 2.49. The molecule has 2 rings (SSSR count). The van der Waals surface area contributed by atoms with Gasteiger partial charge in [0, 0.05) is 18.7 Å². The zero-order valence-electron chi connectivity index (χ0n) is 12.4. The van der Waals surface area contributed by atoms with Crippen molar-refractivity contribution in [1.29, 1.82) is 0 Å². The minimum Gasteiger partial charge on any atom is -0.493 e. The second kappa shape index (κ2) is 6.95. The molecule has 0 aromatic heterocycles. The van der Waals surface area contributed by atoms with E-state index in [1.54, 1.807) is 14.2 Å². The molecular weight excluding hydrogens is 254 g/mol. The van der Waals surface area contributed by atoms with Gasteiger partial charge in [-0.15, -0.1) is 0 Å². The highest BCUT2D eigenvalue weighted by molar-refractivity contribution is 5.46. The zero-order valence-corrected chi connectivity index (χ0v) is 12.4. The Balaban J connectivity index is 1.93. The van der Waals surface area contributed by atoms with Crippen molar-refractivity contribution in [3.05, 3.63) is 23.8 Å². The molecule has 112 valence electrons. The highest BCUT2D eigenvalue weighted by Crippen LogP contribution is 2.31. The summed E-state index contributed by atoms with van der Waals surface area (Å²) in [5.74, 6) is 1.50. The van der Waals surface area contributed by atoms with Crippen LogP contribution >= 0.6 is 0 Å². The Kier molecular flexibility index (Phi) is 5.26. The van der Waals surface area contributed by atoms with Gasteiger partial charge in [0.25, 0.3) is 0 Å². The van der Waals surface area contributed by atoms with E-state index in [1.807, 2.05) is 18.2 Å². The van der Waals surface area contributed by atoms with E-state index in [9.17, 15) is 5.11 Å². The number of hydrogen-bond acceptors (Lipinski definition) is 4. The molecule has 4 heteroatoms. The van der Waals surface area contributed by atoms with E-state index >= 15 is 0 Å². The summed E-state index contributed by atoms with van der Waals surface area (Å²) in [6.45, 7) is 1.30. The number of hydrogen-bond donors (Lipinski definition) is 2. The maximum atomic E-state index is 10.5. The van der Waals surface area contributed by atoms with Crippen LogP contribution in [0.15, 0.2) is 18.2 Å². The van der Waals surface area contributed by atoms with Crippen molar-refractivity contribution >= 4 is 0 Å². The molecule has 0 spiro atoms. The topological polar surface area (TPSA) is 50.7 Å². The van der Waals surface area contributed by atoms with E-state index in [2.05, 4.69) is 5.32 Å². The van der Waals surface area contributed by atoms with Crippen LogP contribution in [0.3, 0.4) is 0 Å². The van der Waals surface area contributed by atoms with Crippen LogP contribution in [0.2, 0.25) is 0 Å². The highest BCUT2D eigenvalue weighted by atomic mass is 16.5. The number of benzene rings is 1. The molecule has 4 nitrogen and oxygen atoms in total. The lowest BCUT2D eigenvalue weighted by Crippen LogP contribution is -2.41. The van der Waals surface area contributed by atoms with Gasteiger partial charge in [-0.3, -0.25) is 0 Å². The monoisotopic (exact) mass is 279 g/mol. The molecule has 0 heterocycles. The minimum absolute atomic E-state index is 0.537. The molecule has 1 aliphatic rings. The average Bonchev–Trinajstić information content (AvgIpc) is 2.47. The van der Waals surface area contributed by atoms with Gasteiger partial charge >= 0.3 is 0 Å². The van der Waals surface area contributed by atoms with Crippen LogP contribution in [0.1, 0.15) is 37.7 Å². The number of aliphatic hydroxyl groups is 1. The largest absolute Gasteiger partial charge is 0.493 e. The van der Waals surface area contributed by atoms with E-state index in [0.717, 1.165) is 42.7 Å². The summed E-state index contributed by atoms with van der Waals surface area (Å²) in [5.41, 5.74) is 0.510. The van der Waals surface area contributed by atoms with Crippen molar-refractivity contribution in [2.45, 2.75) is 44.2 Å². The Bertz CT molecular complexity index is 428. The van der Waals surface area contributed by atoms with Gasteiger partial charge in [-0.1, -0.05) is 31.4 Å². The van der Waals surface area contributed by atoms with Crippen LogP contribution in [0.5, 0.6) is 11.5 Å². The third-order valence-electron chi connectivity index (χ3n) is 4.04. The number of rotatable bonds is 6. The number of para-hydroxylation sites is 1. The van der Waals surface area contributed by atoms with Crippen LogP contribution in [-0.2, 0) is 6.54 Å². The van der Waals surface area contributed by atoms with Crippen LogP contribution in [0.25, 0.3) is 0 Å². The van der Waals surface area contributed by atoms with E-state index in [1.165, 1.54) is 6.42 Å². The molecule has 0 atom stereocenters. The minimum atomic E-state index is -0.537. The van der Waals surface area contributed by atoms with Gasteiger partial charge in [-0.05, 0) is 18.9 Å². The van der Waals surface area contributed by atoms with E-state index in [0.29, 0.717) is 13.1 Å². The fourth-order valence-corrected chi connectivity index (χ4v) is 2.91. The SMILES string of the molecule is COc1cccc(CNCC2(O)CCCCC2)c1OC. The van der Waals surface area contributed by atoms with Crippen LogP contribution in [0.4, 0.5) is 0 Å². The van der Waals surface area contributed by atoms with Gasteiger partial charge in [0.15, 0.2) is 11.5 Å². The molecule has 20 heavy (non-hydrogen) atoms. The summed E-state index contributed by atoms with van der Waals surface area (Å²) in [4.78, 5) is 0. The quantitative estimate of drug-likeness (QED) is 0.840. The van der Waals surface area contributed by atoms with Crippen molar-refractivity contribution in [3.63, 3.8) is 0 Å². The molecule has 1 aromatic rings. The Morgan fingerprint density at radius 1 is 1.15 bits per heavy atom. The van der Waals surface area contributed by atoms with E-state index in [4.69, 9.17) is 9.47 Å². The molecular formula is C16H25NO3. The lowest BCUT2D eigenvalue weighted by molar-refractivity contribution is 0.00464. The van der Waals surface area contributed by atoms with Gasteiger partial charge in [-0.2, -0.15) is 0 Å². The van der Waals surface area contributed by atoms with E-state index in [-0.39, 0.29) is 0 Å². The Labute approximate surface area is 121 Å². The Hall–Kier alpha value is -1.26. The van der Waals surface area contributed by atoms with Crippen molar-refractivity contribution in [2.75, 3.05) is 20.8 Å². The summed E-state index contributed by atoms with van der Waals surface area (Å²) < 4.78 is 10.7. The lowest BCUT2D eigenvalue weighted by Gasteiger charge is -2.32. The van der Waals surface area contributed by atoms with Gasteiger partial charge in [0.05, 0.1) is 19.8 Å². The van der Waals surface area contributed by atoms with Crippen molar-refractivity contribution in [2.24, 2.45) is 0 Å². The summed E-state index contributed by atoms with van der Waals surface area (Å²) in [6.07, 6.45) is 5.29. The molecule has 2 N–H and O–H groups in total. The summed E-state index contributed by atoms with van der Waals surface area (Å²) in [6, 6.07) is 5.85. The van der Waals surface area contributed by atoms with E-state index < -0.39 is 5.60 Å². The number of ether oxygens (including phenoxy) is 2. The highest BCUT2D eigenvalue weighted by Gasteiger charge is 2.28. The maximum absolute atomic E-state index is 10.5. The van der Waals surface area contributed by atoms with Gasteiger partial charge in [-0.25, -0.2) is 0 Å². The van der Waals surface area contributed by atoms with Crippen molar-refractivity contribution in [1.82, 2.24) is 5.32 Å². The average molecular weight is 279 g/mol. The summed E-state index contributed by atoms with van der Waals surface area (Å²) in [5, 5.41) is 13.8. The first-order valence-corrected chi connectivity index (χ1v) is 7.31. The zero-order chi connectivity index (χ0) is 14.4. The molecule has 1 saturated carbocycles. The standard InChI is InChI=1S/C16H25NO3/c1-19-14-8-6-7-13(15(14)20-2)11-17-12-16(18)9-4-3-5-10-16/h6-8,17-18H,3-5,9-12H2,1-2H3. The van der Waals surface area contributed by atoms with Gasteiger partial charge in [0.1, 0.15) is 0 Å². The maximum Gasteiger partial charge on any atom is 0.165 e. The fraction of sp³-hybridized carbons (Fsp3) is 0.625. The molecule has 0 bridgehead atoms. The smallest absolute Gasteiger partial charge is 0.165 e. The molecule has 0 saturated heterocycles. The van der Waals surface area contributed by atoms with Crippen LogP contribution < -0.4 is 14.8 Å². The van der Waals surface area contributed by atoms with Gasteiger partial charge in [0.2, 0.25) is 0 Å². The molecule has 0 aliphatic heterocycles. The first-order chi connectivity index (χ1) is 9.68. The molecule has 1 fully saturated rings. The third-order valence-corrected chi connectivity index (χ3v) is 4.04. The van der Waals surface area contributed by atoms with Crippen molar-refractivity contribution < 1.29 is 14.6 Å². The second-order valence-electron chi connectivity index (χ2n) is 5.54. The third kappa shape index (κ3) is 3.64. The number of methoxy groups -OCH3 is 2. The van der Waals surface area contributed by atoms with Gasteiger partial charge < -0.3 is 19.9 Å². The first-order valence-electron chi connectivity index (χ1n) is 7.31. The van der Waals surface area contributed by atoms with Crippen molar-refractivity contribution in [3.8, 4) is 11.5 Å². The number of nitrogens with one attached hydrogen (secondary N) is 1. The second-order valence-corrected chi connectivity index (χ2v) is 5.54. The Morgan fingerprint density at radius 2 is 1.90 bits per heavy atom. The predicted molar refractivity (Wildman–Crippen MR) is 79.3 cm³/mol. The molecule has 1 aromatic carbocycles. The van der Waals surface area contributed by atoms with Crippen LogP contribution in [0, 0.1) is 0 Å². The molecule has 0 radical (unpaired) electrons. The molecule has 0 unspecified atom stereocenters. The molecule has 1 aliphatic carbocycles. The first kappa shape index (κ1) is 15.1. The normalized spacial score (nSPS) is 17.8. The molecule has 0 amide bonds. The Morgan fingerprint density at radius 3 is 2.55 bits per heavy atom. The fourth-order valence-electron chi connectivity index (χ4n) is 2.91. The lowest BCUT2D eigenvalue weighted by atomic mass is 9.85. The summed E-state index contributed by atoms with van der Waals surface area (Å²) in [7, 11) is 3.29. The summed E-state index contributed by atoms with van der Waals surface area (Å²) >= 11 is 0.